The fourth-order valence-electron chi connectivity index (χ4n) is 8.01. The largest absolute Gasteiger partial charge is 0.454 e. The van der Waals surface area contributed by atoms with Crippen LogP contribution in [0.4, 0.5) is 0 Å². The molecule has 0 bridgehead atoms. The van der Waals surface area contributed by atoms with E-state index in [4.69, 9.17) is 37.9 Å². The van der Waals surface area contributed by atoms with Crippen LogP contribution < -0.4 is 14.2 Å². The maximum Gasteiger partial charge on any atom is 0.229 e. The van der Waals surface area contributed by atoms with E-state index in [1.54, 1.807) is 6.92 Å². The molecule has 16 nitrogen and oxygen atoms in total. The summed E-state index contributed by atoms with van der Waals surface area (Å²) in [7, 11) is 0. The Labute approximate surface area is 395 Å². The molecule has 3 saturated heterocycles. The maximum absolute atomic E-state index is 11.7. The molecule has 8 N–H and O–H groups in total. The number of aliphatic hydroxyl groups is 8. The van der Waals surface area contributed by atoms with E-state index < -0.39 is 99.2 Å². The van der Waals surface area contributed by atoms with Crippen molar-refractivity contribution in [1.29, 1.82) is 0 Å². The first kappa shape index (κ1) is 53.2. The molecule has 3 aromatic carbocycles. The average Bonchev–Trinajstić information content (AvgIpc) is 3.25. The van der Waals surface area contributed by atoms with E-state index in [1.807, 2.05) is 76.2 Å². The molecule has 3 fully saturated rings. The first-order valence-corrected chi connectivity index (χ1v) is 22.2. The Morgan fingerprint density at radius 1 is 0.554 bits per heavy atom. The minimum Gasteiger partial charge on any atom is -0.454 e. The van der Waals surface area contributed by atoms with Gasteiger partial charge in [0.25, 0.3) is 0 Å². The summed E-state index contributed by atoms with van der Waals surface area (Å²) in [6, 6.07) is 15.4. The molecule has 0 spiro atoms. The number of hydrogen-bond donors (Lipinski definition) is 8. The van der Waals surface area contributed by atoms with Crippen LogP contribution in [0.1, 0.15) is 100 Å². The quantitative estimate of drug-likeness (QED) is 0.0932. The van der Waals surface area contributed by atoms with Gasteiger partial charge in [-0.05, 0) is 96.2 Å². The zero-order chi connectivity index (χ0) is 46.7. The summed E-state index contributed by atoms with van der Waals surface area (Å²) in [6.07, 6.45) is -19.5. The van der Waals surface area contributed by atoms with Crippen molar-refractivity contribution < 1.29 is 99.2 Å². The van der Waals surface area contributed by atoms with Gasteiger partial charge in [0.2, 0.25) is 12.0 Å². The second-order valence-corrected chi connectivity index (χ2v) is 17.9. The molecule has 3 aromatic rings. The molecule has 0 amide bonds. The Morgan fingerprint density at radius 3 is 1.46 bits per heavy atom. The van der Waals surface area contributed by atoms with E-state index in [0.717, 1.165) is 27.8 Å². The molecule has 3 aliphatic rings. The van der Waals surface area contributed by atoms with Crippen molar-refractivity contribution in [1.82, 2.24) is 0 Å². The predicted molar refractivity (Wildman–Crippen MR) is 232 cm³/mol. The molecule has 3 aliphatic heterocycles. The number of benzene rings is 3. The molecule has 363 valence electrons. The van der Waals surface area contributed by atoms with E-state index in [2.05, 4.69) is 27.7 Å². The molecule has 3 heterocycles. The van der Waals surface area contributed by atoms with Gasteiger partial charge in [0.1, 0.15) is 60.3 Å². The molecule has 1 radical (unpaired) electrons. The van der Waals surface area contributed by atoms with Crippen LogP contribution in [0, 0.1) is 20.3 Å². The Morgan fingerprint density at radius 2 is 1.02 bits per heavy atom. The van der Waals surface area contributed by atoms with Crippen LogP contribution in [0.25, 0.3) is 0 Å². The molecule has 14 atom stereocenters. The first-order valence-electron chi connectivity index (χ1n) is 22.2. The molecule has 0 aliphatic carbocycles. The smallest absolute Gasteiger partial charge is 0.229 e. The average molecular weight is 1090 g/mol. The first-order chi connectivity index (χ1) is 30.3. The van der Waals surface area contributed by atoms with Crippen molar-refractivity contribution in [2.24, 2.45) is 0 Å². The van der Waals surface area contributed by atoms with E-state index in [0.29, 0.717) is 17.9 Å². The second-order valence-electron chi connectivity index (χ2n) is 17.9. The van der Waals surface area contributed by atoms with E-state index in [1.165, 1.54) is 6.42 Å². The number of aliphatic hydroxyl groups excluding tert-OH is 8. The SMILES string of the molecule is CC[C@H]1O[C@@H](O[C@H]2[C@H](O)[C@@H](O)[C@H](O[C@H]3[C@H](O)[C@@H](O)[C@H](Oc4c(Oc5ccc(C(C)C)cc5C)cc(C(C)C)cc4Oc4ccc(C(C)C)cc4C)O[C@@H]3CO)O[C@@H]2CO)[CH-][C@@H](O)[C@H]1O.[Re]. The third kappa shape index (κ3) is 12.1. The van der Waals surface area contributed by atoms with Gasteiger partial charge in [-0.15, -0.1) is 0 Å². The van der Waals surface area contributed by atoms with Gasteiger partial charge in [-0.2, -0.15) is 0 Å². The van der Waals surface area contributed by atoms with Gasteiger partial charge in [-0.1, -0.05) is 72.7 Å². The van der Waals surface area contributed by atoms with Crippen LogP contribution in [-0.4, -0.2) is 140 Å². The van der Waals surface area contributed by atoms with Crippen LogP contribution in [0.3, 0.4) is 0 Å². The molecule has 17 heteroatoms. The summed E-state index contributed by atoms with van der Waals surface area (Å²) in [5.74, 6) is 2.16. The summed E-state index contributed by atoms with van der Waals surface area (Å²) in [5, 5.41) is 87.2. The number of hydrogen-bond acceptors (Lipinski definition) is 16. The Balaban J connectivity index is 0.00000793. The van der Waals surface area contributed by atoms with Crippen LogP contribution in [-0.2, 0) is 44.1 Å². The minimum absolute atomic E-state index is 0. The van der Waals surface area contributed by atoms with E-state index >= 15 is 0 Å². The molecule has 0 saturated carbocycles. The molecule has 6 rings (SSSR count). The van der Waals surface area contributed by atoms with Crippen molar-refractivity contribution in [3.63, 3.8) is 0 Å². The maximum atomic E-state index is 11.7. The molecular weight excluding hydrogens is 1020 g/mol. The zero-order valence-electron chi connectivity index (χ0n) is 38.4. The van der Waals surface area contributed by atoms with Gasteiger partial charge in [-0.3, -0.25) is 0 Å². The monoisotopic (exact) mass is 1090 g/mol. The molecular formula is C48H67O16Re-. The van der Waals surface area contributed by atoms with Gasteiger partial charge in [-0.25, -0.2) is 6.42 Å². The normalized spacial score (nSPS) is 31.8. The predicted octanol–water partition coefficient (Wildman–Crippen LogP) is 4.34. The van der Waals surface area contributed by atoms with Crippen LogP contribution in [0.5, 0.6) is 28.7 Å². The van der Waals surface area contributed by atoms with Gasteiger partial charge in [0.15, 0.2) is 17.8 Å². The van der Waals surface area contributed by atoms with Crippen LogP contribution in [0.2, 0.25) is 0 Å². The van der Waals surface area contributed by atoms with Gasteiger partial charge in [0, 0.05) is 26.7 Å². The number of rotatable bonds is 16. The van der Waals surface area contributed by atoms with Gasteiger partial charge in [0.05, 0.1) is 25.4 Å². The summed E-state index contributed by atoms with van der Waals surface area (Å²) in [6.45, 7) is 16.6. The van der Waals surface area contributed by atoms with Crippen molar-refractivity contribution in [2.75, 3.05) is 13.2 Å². The van der Waals surface area contributed by atoms with Crippen molar-refractivity contribution >= 4 is 0 Å². The van der Waals surface area contributed by atoms with Gasteiger partial charge >= 0.3 is 0 Å². The fraction of sp³-hybridized carbons (Fsp3) is 0.604. The Bertz CT molecular complexity index is 1910. The minimum atomic E-state index is -1.86. The summed E-state index contributed by atoms with van der Waals surface area (Å²) < 4.78 is 49.1. The van der Waals surface area contributed by atoms with Crippen molar-refractivity contribution in [2.45, 2.75) is 173 Å². The Hall–Kier alpha value is -2.80. The second kappa shape index (κ2) is 23.0. The summed E-state index contributed by atoms with van der Waals surface area (Å²) in [5.41, 5.74) is 4.83. The third-order valence-corrected chi connectivity index (χ3v) is 12.1. The number of ether oxygens (including phenoxy) is 8. The van der Waals surface area contributed by atoms with Crippen LogP contribution in [0.15, 0.2) is 48.5 Å². The van der Waals surface area contributed by atoms with Gasteiger partial charge < -0.3 is 78.7 Å². The van der Waals surface area contributed by atoms with Crippen LogP contribution >= 0.6 is 0 Å². The van der Waals surface area contributed by atoms with E-state index in [-0.39, 0.29) is 55.4 Å². The molecule has 65 heavy (non-hydrogen) atoms. The van der Waals surface area contributed by atoms with Crippen molar-refractivity contribution in [3.05, 3.63) is 82.8 Å². The van der Waals surface area contributed by atoms with E-state index in [9.17, 15) is 40.9 Å². The zero-order valence-corrected chi connectivity index (χ0v) is 41.1. The third-order valence-electron chi connectivity index (χ3n) is 12.1. The summed E-state index contributed by atoms with van der Waals surface area (Å²) >= 11 is 0. The molecule has 0 unspecified atom stereocenters. The summed E-state index contributed by atoms with van der Waals surface area (Å²) in [4.78, 5) is 0. The van der Waals surface area contributed by atoms with Crippen molar-refractivity contribution in [3.8, 4) is 28.7 Å². The standard InChI is InChI=1S/C48H67O16.Re/c1-10-31-39(52)30(51)19-38(59-31)62-45-36(20-49)60-48(42(55)40(45)53)64-46-37(21-50)61-47(43(56)41(46)54)63-44-34(57-32-13-11-27(22(2)3)15-25(32)8)17-29(24(6)7)18-35(44)58-33-14-12-28(23(4)5)16-26(33)9;/h11-19,22-24,30-31,36-43,45-56H,10,20-21H2,1-9H3;/q-1;/t30-,31-,36-,37-,38+,39-,40-,41-,42-,43-,45-,46-,47+,48+;/m1./s1. The molecule has 0 aromatic heterocycles. The topological polar surface area (TPSA) is 236 Å². The Kier molecular flexibility index (Phi) is 18.8. The fourth-order valence-corrected chi connectivity index (χ4v) is 8.01. The number of aryl methyl sites for hydroxylation is 2.